The highest BCUT2D eigenvalue weighted by Gasteiger charge is 2.38. The van der Waals surface area contributed by atoms with Crippen LogP contribution in [-0.2, 0) is 9.53 Å². The zero-order valence-electron chi connectivity index (χ0n) is 12.4. The van der Waals surface area contributed by atoms with E-state index < -0.39 is 23.7 Å². The van der Waals surface area contributed by atoms with Gasteiger partial charge in [-0.05, 0) is 51.4 Å². The van der Waals surface area contributed by atoms with Crippen LogP contribution in [0, 0.1) is 11.3 Å². The average molecular weight is 271 g/mol. The van der Waals surface area contributed by atoms with Crippen molar-refractivity contribution in [2.24, 2.45) is 11.3 Å². The first kappa shape index (κ1) is 15.8. The van der Waals surface area contributed by atoms with Gasteiger partial charge in [0.1, 0.15) is 11.6 Å². The standard InChI is InChI=1S/C14H25NO4/c1-13(2,3)19-12(18)15-10(11(16)17)6-9-7-14(4,5)8-9/h9-10H,6-8H2,1-5H3,(H,15,18)(H,16,17). The summed E-state index contributed by atoms with van der Waals surface area (Å²) in [5.74, 6) is -0.637. The van der Waals surface area contributed by atoms with Gasteiger partial charge >= 0.3 is 12.1 Å². The number of hydrogen-bond donors (Lipinski definition) is 2. The molecule has 1 amide bonds. The molecule has 2 N–H and O–H groups in total. The minimum Gasteiger partial charge on any atom is -0.480 e. The first-order valence-corrected chi connectivity index (χ1v) is 6.71. The molecule has 0 aliphatic heterocycles. The van der Waals surface area contributed by atoms with Gasteiger partial charge in [-0.2, -0.15) is 0 Å². The molecule has 0 aromatic carbocycles. The second-order valence-corrected chi connectivity index (χ2v) is 7.21. The van der Waals surface area contributed by atoms with Crippen molar-refractivity contribution in [2.45, 2.75) is 65.5 Å². The molecule has 1 unspecified atom stereocenters. The summed E-state index contributed by atoms with van der Waals surface area (Å²) in [6.07, 6.45) is 1.82. The Kier molecular flexibility index (Phi) is 4.48. The molecule has 0 radical (unpaired) electrons. The van der Waals surface area contributed by atoms with Gasteiger partial charge in [0.15, 0.2) is 0 Å². The quantitative estimate of drug-likeness (QED) is 0.824. The topological polar surface area (TPSA) is 75.6 Å². The molecule has 0 aromatic heterocycles. The van der Waals surface area contributed by atoms with Gasteiger partial charge in [-0.3, -0.25) is 0 Å². The number of amides is 1. The molecule has 1 saturated carbocycles. The second-order valence-electron chi connectivity index (χ2n) is 7.21. The first-order valence-electron chi connectivity index (χ1n) is 6.71. The lowest BCUT2D eigenvalue weighted by molar-refractivity contribution is -0.140. The predicted molar refractivity (Wildman–Crippen MR) is 71.9 cm³/mol. The van der Waals surface area contributed by atoms with E-state index in [0.29, 0.717) is 17.8 Å². The van der Waals surface area contributed by atoms with Gasteiger partial charge < -0.3 is 15.2 Å². The lowest BCUT2D eigenvalue weighted by Crippen LogP contribution is -2.46. The molecular weight excluding hydrogens is 246 g/mol. The SMILES string of the molecule is CC1(C)CC(CC(NC(=O)OC(C)(C)C)C(=O)O)C1. The van der Waals surface area contributed by atoms with Gasteiger partial charge in [0.05, 0.1) is 0 Å². The molecule has 0 heterocycles. The van der Waals surface area contributed by atoms with Gasteiger partial charge in [-0.25, -0.2) is 9.59 Å². The van der Waals surface area contributed by atoms with Crippen LogP contribution in [0.15, 0.2) is 0 Å². The van der Waals surface area contributed by atoms with Crippen LogP contribution < -0.4 is 5.32 Å². The fourth-order valence-corrected chi connectivity index (χ4v) is 2.67. The Bertz CT molecular complexity index is 349. The van der Waals surface area contributed by atoms with Crippen LogP contribution in [0.4, 0.5) is 4.79 Å². The lowest BCUT2D eigenvalue weighted by atomic mass is 9.63. The molecule has 1 aliphatic carbocycles. The van der Waals surface area contributed by atoms with Crippen LogP contribution in [0.5, 0.6) is 0 Å². The van der Waals surface area contributed by atoms with Gasteiger partial charge in [0, 0.05) is 0 Å². The third kappa shape index (κ3) is 5.49. The fourth-order valence-electron chi connectivity index (χ4n) is 2.67. The minimum atomic E-state index is -1.00. The van der Waals surface area contributed by atoms with E-state index in [4.69, 9.17) is 9.84 Å². The Balaban J connectivity index is 2.46. The molecular formula is C14H25NO4. The van der Waals surface area contributed by atoms with E-state index in [1.165, 1.54) is 0 Å². The molecule has 0 spiro atoms. The first-order chi connectivity index (χ1) is 8.48. The van der Waals surface area contributed by atoms with E-state index in [2.05, 4.69) is 19.2 Å². The summed E-state index contributed by atoms with van der Waals surface area (Å²) in [5.41, 5.74) is -0.314. The van der Waals surface area contributed by atoms with Crippen molar-refractivity contribution in [1.29, 1.82) is 0 Å². The Labute approximate surface area is 114 Å². The number of alkyl carbamates (subject to hydrolysis) is 1. The van der Waals surface area contributed by atoms with Crippen molar-refractivity contribution in [3.8, 4) is 0 Å². The molecule has 1 fully saturated rings. The van der Waals surface area contributed by atoms with Crippen LogP contribution in [-0.4, -0.2) is 28.8 Å². The Morgan fingerprint density at radius 1 is 1.37 bits per heavy atom. The zero-order valence-corrected chi connectivity index (χ0v) is 12.4. The lowest BCUT2D eigenvalue weighted by Gasteiger charge is -2.43. The Morgan fingerprint density at radius 2 is 1.89 bits per heavy atom. The molecule has 0 bridgehead atoms. The molecule has 1 rings (SSSR count). The average Bonchev–Trinajstić information content (AvgIpc) is 2.10. The van der Waals surface area contributed by atoms with Crippen LogP contribution >= 0.6 is 0 Å². The van der Waals surface area contributed by atoms with Crippen molar-refractivity contribution in [2.75, 3.05) is 0 Å². The maximum atomic E-state index is 11.6. The van der Waals surface area contributed by atoms with E-state index in [1.54, 1.807) is 20.8 Å². The van der Waals surface area contributed by atoms with Crippen molar-refractivity contribution in [1.82, 2.24) is 5.32 Å². The summed E-state index contributed by atoms with van der Waals surface area (Å²) in [5, 5.41) is 11.6. The molecule has 1 atom stereocenters. The van der Waals surface area contributed by atoms with Crippen molar-refractivity contribution < 1.29 is 19.4 Å². The number of hydrogen-bond acceptors (Lipinski definition) is 3. The van der Waals surface area contributed by atoms with Crippen LogP contribution in [0.1, 0.15) is 53.9 Å². The number of carboxylic acid groups (broad SMARTS) is 1. The van der Waals surface area contributed by atoms with E-state index in [0.717, 1.165) is 12.8 Å². The summed E-state index contributed by atoms with van der Waals surface area (Å²) in [4.78, 5) is 22.8. The number of rotatable bonds is 4. The third-order valence-corrected chi connectivity index (χ3v) is 3.24. The van der Waals surface area contributed by atoms with Gasteiger partial charge in [-0.15, -0.1) is 0 Å². The van der Waals surface area contributed by atoms with E-state index in [1.807, 2.05) is 0 Å². The Hall–Kier alpha value is -1.26. The van der Waals surface area contributed by atoms with Gasteiger partial charge in [0.25, 0.3) is 0 Å². The van der Waals surface area contributed by atoms with Gasteiger partial charge in [0.2, 0.25) is 0 Å². The number of carbonyl (C=O) groups is 2. The number of ether oxygens (including phenoxy) is 1. The predicted octanol–water partition coefficient (Wildman–Crippen LogP) is 2.79. The van der Waals surface area contributed by atoms with Crippen LogP contribution in [0.3, 0.4) is 0 Å². The molecule has 0 saturated heterocycles. The zero-order chi connectivity index (χ0) is 14.8. The Morgan fingerprint density at radius 3 is 2.26 bits per heavy atom. The second kappa shape index (κ2) is 5.39. The number of carboxylic acids is 1. The molecule has 1 aliphatic rings. The van der Waals surface area contributed by atoms with E-state index >= 15 is 0 Å². The molecule has 5 nitrogen and oxygen atoms in total. The fraction of sp³-hybridized carbons (Fsp3) is 0.857. The van der Waals surface area contributed by atoms with Crippen molar-refractivity contribution in [3.63, 3.8) is 0 Å². The summed E-state index contributed by atoms with van der Waals surface area (Å²) < 4.78 is 5.08. The maximum absolute atomic E-state index is 11.6. The summed E-state index contributed by atoms with van der Waals surface area (Å²) >= 11 is 0. The highest BCUT2D eigenvalue weighted by atomic mass is 16.6. The smallest absolute Gasteiger partial charge is 0.408 e. The monoisotopic (exact) mass is 271 g/mol. The summed E-state index contributed by atoms with van der Waals surface area (Å²) in [7, 11) is 0. The number of nitrogens with one attached hydrogen (secondary N) is 1. The van der Waals surface area contributed by atoms with Crippen LogP contribution in [0.25, 0.3) is 0 Å². The molecule has 19 heavy (non-hydrogen) atoms. The van der Waals surface area contributed by atoms with Crippen molar-refractivity contribution >= 4 is 12.1 Å². The molecule has 110 valence electrons. The highest BCUT2D eigenvalue weighted by molar-refractivity contribution is 5.80. The highest BCUT2D eigenvalue weighted by Crippen LogP contribution is 2.46. The summed E-state index contributed by atoms with van der Waals surface area (Å²) in [6, 6.07) is -0.865. The largest absolute Gasteiger partial charge is 0.480 e. The summed E-state index contributed by atoms with van der Waals surface area (Å²) in [6.45, 7) is 9.57. The van der Waals surface area contributed by atoms with Crippen LogP contribution in [0.2, 0.25) is 0 Å². The number of carbonyl (C=O) groups excluding carboxylic acids is 1. The van der Waals surface area contributed by atoms with Crippen molar-refractivity contribution in [3.05, 3.63) is 0 Å². The number of aliphatic carboxylic acids is 1. The third-order valence-electron chi connectivity index (χ3n) is 3.24. The normalized spacial score (nSPS) is 20.3. The molecule has 5 heteroatoms. The maximum Gasteiger partial charge on any atom is 0.408 e. The van der Waals surface area contributed by atoms with E-state index in [9.17, 15) is 9.59 Å². The molecule has 0 aromatic rings. The van der Waals surface area contributed by atoms with E-state index in [-0.39, 0.29) is 0 Å². The minimum absolute atomic E-state index is 0.305. The van der Waals surface area contributed by atoms with Gasteiger partial charge in [-0.1, -0.05) is 13.8 Å².